The Morgan fingerprint density at radius 3 is 2.48 bits per heavy atom. The van der Waals surface area contributed by atoms with Crippen molar-refractivity contribution in [2.24, 2.45) is 18.5 Å². The van der Waals surface area contributed by atoms with Crippen LogP contribution in [0.2, 0.25) is 0 Å². The second-order valence-corrected chi connectivity index (χ2v) is 11.6. The van der Waals surface area contributed by atoms with Gasteiger partial charge in [-0.1, -0.05) is 42.8 Å². The fourth-order valence-corrected chi connectivity index (χ4v) is 5.67. The van der Waals surface area contributed by atoms with Crippen LogP contribution in [-0.2, 0) is 50.4 Å². The minimum atomic E-state index is -0.674. The molecule has 1 unspecified atom stereocenters. The summed E-state index contributed by atoms with van der Waals surface area (Å²) in [5.74, 6) is -1.06. The van der Waals surface area contributed by atoms with Crippen LogP contribution in [0.3, 0.4) is 0 Å². The molecule has 0 bridgehead atoms. The average molecular weight is 608 g/mol. The van der Waals surface area contributed by atoms with Gasteiger partial charge in [-0.2, -0.15) is 0 Å². The normalized spacial score (nSPS) is 15.9. The second-order valence-electron chi connectivity index (χ2n) is 11.6. The van der Waals surface area contributed by atoms with E-state index >= 15 is 0 Å². The summed E-state index contributed by atoms with van der Waals surface area (Å²) in [6.45, 7) is 2.30. The summed E-state index contributed by atoms with van der Waals surface area (Å²) in [6.07, 6.45) is 7.02. The number of carbonyl (C=O) groups is 3. The largest absolute Gasteiger partial charge is 0.381 e. The van der Waals surface area contributed by atoms with E-state index in [9.17, 15) is 19.2 Å². The fourth-order valence-electron chi connectivity index (χ4n) is 5.67. The van der Waals surface area contributed by atoms with Gasteiger partial charge in [0.25, 0.3) is 0 Å². The average Bonchev–Trinajstić information content (AvgIpc) is 3.25. The summed E-state index contributed by atoms with van der Waals surface area (Å²) in [6, 6.07) is 13.3. The number of hydrogen-bond acceptors (Lipinski definition) is 7. The fraction of sp³-hybridized carbons (Fsp3) is 0.515. The van der Waals surface area contributed by atoms with Crippen LogP contribution in [0.4, 0.5) is 0 Å². The molecule has 0 radical (unpaired) electrons. The van der Waals surface area contributed by atoms with Gasteiger partial charge in [0.15, 0.2) is 0 Å². The number of aryl methyl sites for hydroxylation is 3. The summed E-state index contributed by atoms with van der Waals surface area (Å²) >= 11 is 0. The zero-order valence-corrected chi connectivity index (χ0v) is 25.6. The van der Waals surface area contributed by atoms with Gasteiger partial charge < -0.3 is 20.9 Å². The number of fused-ring (bicyclic) bond motifs is 1. The number of nitrogens with two attached hydrogens (primary N) is 2. The highest BCUT2D eigenvalue weighted by molar-refractivity contribution is 6.00. The number of aromatic nitrogens is 2. The van der Waals surface area contributed by atoms with Gasteiger partial charge in [-0.05, 0) is 67.7 Å². The molecule has 0 saturated carbocycles. The molecule has 44 heavy (non-hydrogen) atoms. The molecule has 1 fully saturated rings. The summed E-state index contributed by atoms with van der Waals surface area (Å²) < 4.78 is 14.7. The lowest BCUT2D eigenvalue weighted by atomic mass is 10.0. The third kappa shape index (κ3) is 9.10. The minimum Gasteiger partial charge on any atom is -0.381 e. The topological polar surface area (TPSA) is 161 Å². The van der Waals surface area contributed by atoms with Gasteiger partial charge in [0.2, 0.25) is 17.7 Å². The second kappa shape index (κ2) is 16.3. The van der Waals surface area contributed by atoms with Crippen LogP contribution < -0.4 is 22.5 Å². The molecule has 1 aliphatic rings. The molecule has 1 aliphatic heterocycles. The molecule has 11 nitrogen and oxygen atoms in total. The van der Waals surface area contributed by atoms with E-state index < -0.39 is 11.9 Å². The lowest BCUT2D eigenvalue weighted by Gasteiger charge is -2.21. The van der Waals surface area contributed by atoms with E-state index in [1.165, 1.54) is 10.1 Å². The number of nitrogens with one attached hydrogen (secondary N) is 1. The number of unbranched alkanes of at least 4 members (excludes halogenated alkanes) is 2. The lowest BCUT2D eigenvalue weighted by Crippen LogP contribution is -2.44. The third-order valence-corrected chi connectivity index (χ3v) is 8.08. The number of imide groups is 1. The maximum atomic E-state index is 13.1. The maximum absolute atomic E-state index is 13.1. The van der Waals surface area contributed by atoms with E-state index in [-0.39, 0.29) is 36.4 Å². The van der Waals surface area contributed by atoms with Crippen molar-refractivity contribution in [1.82, 2.24) is 14.5 Å². The van der Waals surface area contributed by atoms with Gasteiger partial charge in [-0.25, -0.2) is 4.79 Å². The Kier molecular flexibility index (Phi) is 12.3. The smallest absolute Gasteiger partial charge is 0.329 e. The summed E-state index contributed by atoms with van der Waals surface area (Å²) in [4.78, 5) is 48.0. The van der Waals surface area contributed by atoms with Gasteiger partial charge in [0.05, 0.1) is 24.2 Å². The number of ether oxygens (including phenoxy) is 2. The summed E-state index contributed by atoms with van der Waals surface area (Å²) in [5.41, 5.74) is 15.8. The van der Waals surface area contributed by atoms with Gasteiger partial charge >= 0.3 is 5.69 Å². The van der Waals surface area contributed by atoms with Crippen LogP contribution in [0, 0.1) is 0 Å². The van der Waals surface area contributed by atoms with Gasteiger partial charge in [0.1, 0.15) is 6.04 Å². The van der Waals surface area contributed by atoms with Gasteiger partial charge in [0, 0.05) is 39.1 Å². The number of piperidine rings is 1. The Labute approximate surface area is 257 Å². The van der Waals surface area contributed by atoms with Crippen molar-refractivity contribution in [3.63, 3.8) is 0 Å². The first-order valence-corrected chi connectivity index (χ1v) is 15.5. The molecule has 2 heterocycles. The molecule has 5 N–H and O–H groups in total. The molecule has 3 amide bonds. The van der Waals surface area contributed by atoms with E-state index in [1.54, 1.807) is 11.6 Å². The molecule has 11 heteroatoms. The minimum absolute atomic E-state index is 0.194. The van der Waals surface area contributed by atoms with Gasteiger partial charge in [-0.3, -0.25) is 28.8 Å². The van der Waals surface area contributed by atoms with Crippen LogP contribution in [0.15, 0.2) is 47.3 Å². The van der Waals surface area contributed by atoms with E-state index in [0.717, 1.165) is 60.7 Å². The van der Waals surface area contributed by atoms with Crippen molar-refractivity contribution in [2.45, 2.75) is 82.9 Å². The molecule has 2 atom stereocenters. The number of nitrogens with zero attached hydrogens (tertiary/aromatic N) is 2. The SMILES string of the molecule is Cn1c(=O)n(C2CCC(=O)NC2=O)c2cccc(CCCCCOCCCc3ccc(COC[C@@H](N)CCC(N)=O)cc3)c21. The number of rotatable bonds is 18. The van der Waals surface area contributed by atoms with Crippen molar-refractivity contribution in [1.29, 1.82) is 0 Å². The molecule has 0 aliphatic carbocycles. The first-order chi connectivity index (χ1) is 21.2. The highest BCUT2D eigenvalue weighted by Gasteiger charge is 2.31. The summed E-state index contributed by atoms with van der Waals surface area (Å²) in [5, 5.41) is 2.36. The number of para-hydroxylation sites is 1. The molecule has 238 valence electrons. The summed E-state index contributed by atoms with van der Waals surface area (Å²) in [7, 11) is 1.74. The van der Waals surface area contributed by atoms with Crippen LogP contribution in [0.25, 0.3) is 11.0 Å². The lowest BCUT2D eigenvalue weighted by molar-refractivity contribution is -0.135. The van der Waals surface area contributed by atoms with Crippen LogP contribution in [0.5, 0.6) is 0 Å². The van der Waals surface area contributed by atoms with Crippen molar-refractivity contribution >= 4 is 28.8 Å². The number of benzene rings is 2. The molecule has 1 aromatic heterocycles. The highest BCUT2D eigenvalue weighted by atomic mass is 16.5. The van der Waals surface area contributed by atoms with Crippen molar-refractivity contribution in [3.05, 3.63) is 69.6 Å². The number of carbonyl (C=O) groups excluding carboxylic acids is 3. The molecule has 2 aromatic carbocycles. The van der Waals surface area contributed by atoms with E-state index in [0.29, 0.717) is 39.3 Å². The highest BCUT2D eigenvalue weighted by Crippen LogP contribution is 2.26. The van der Waals surface area contributed by atoms with E-state index in [1.807, 2.05) is 18.2 Å². The van der Waals surface area contributed by atoms with Crippen LogP contribution in [0.1, 0.15) is 74.1 Å². The Bertz CT molecular complexity index is 1480. The van der Waals surface area contributed by atoms with Crippen molar-refractivity contribution in [3.8, 4) is 0 Å². The number of primary amides is 1. The van der Waals surface area contributed by atoms with Crippen molar-refractivity contribution < 1.29 is 23.9 Å². The quantitative estimate of drug-likeness (QED) is 0.148. The first-order valence-electron chi connectivity index (χ1n) is 15.5. The molecule has 4 rings (SSSR count). The van der Waals surface area contributed by atoms with Crippen molar-refractivity contribution in [2.75, 3.05) is 19.8 Å². The monoisotopic (exact) mass is 607 g/mol. The maximum Gasteiger partial charge on any atom is 0.329 e. The Balaban J connectivity index is 1.12. The molecule has 3 aromatic rings. The number of amides is 3. The standard InChI is InChI=1S/C33H45N5O6/c1-37-31-25(9-5-10-27(31)38(33(37)42)28-16-18-30(40)36-32(28)41)8-3-2-4-19-43-20-6-7-23-11-13-24(14-12-23)21-44-22-26(34)15-17-29(35)39/h5,9-14,26,28H,2-4,6-8,15-22,34H2,1H3,(H2,35,39)(H,36,40,41)/t26-,28?/m0/s1. The Morgan fingerprint density at radius 1 is 0.977 bits per heavy atom. The number of hydrogen-bond donors (Lipinski definition) is 3. The molecule has 1 saturated heterocycles. The van der Waals surface area contributed by atoms with Crippen LogP contribution >= 0.6 is 0 Å². The number of imidazole rings is 1. The predicted molar refractivity (Wildman–Crippen MR) is 168 cm³/mol. The third-order valence-electron chi connectivity index (χ3n) is 8.08. The zero-order chi connectivity index (χ0) is 31.5. The van der Waals surface area contributed by atoms with Gasteiger partial charge in [-0.15, -0.1) is 0 Å². The van der Waals surface area contributed by atoms with E-state index in [4.69, 9.17) is 20.9 Å². The molecular weight excluding hydrogens is 562 g/mol. The predicted octanol–water partition coefficient (Wildman–Crippen LogP) is 2.79. The molecule has 0 spiro atoms. The Hall–Kier alpha value is -3.80. The Morgan fingerprint density at radius 2 is 1.73 bits per heavy atom. The molecular formula is C33H45N5O6. The van der Waals surface area contributed by atoms with Crippen LogP contribution in [-0.4, -0.2) is 52.7 Å². The first kappa shape index (κ1) is 33.1. The zero-order valence-electron chi connectivity index (χ0n) is 25.6. The van der Waals surface area contributed by atoms with E-state index in [2.05, 4.69) is 29.6 Å².